The van der Waals surface area contributed by atoms with Gasteiger partial charge in [0, 0.05) is 17.8 Å². The summed E-state index contributed by atoms with van der Waals surface area (Å²) >= 11 is 0. The maximum atomic E-state index is 3.54. The van der Waals surface area contributed by atoms with Crippen LogP contribution in [0.1, 0.15) is 17.5 Å². The highest BCUT2D eigenvalue weighted by molar-refractivity contribution is 5.80. The van der Waals surface area contributed by atoms with Crippen LogP contribution >= 0.6 is 0 Å². The van der Waals surface area contributed by atoms with Crippen LogP contribution in [0.3, 0.4) is 0 Å². The van der Waals surface area contributed by atoms with Crippen molar-refractivity contribution in [3.05, 3.63) is 53.6 Å². The Morgan fingerprint density at radius 2 is 1.82 bits per heavy atom. The molecule has 1 aliphatic heterocycles. The molecule has 0 aliphatic carbocycles. The Labute approximate surface area is 102 Å². The molecule has 17 heavy (non-hydrogen) atoms. The van der Waals surface area contributed by atoms with Crippen LogP contribution in [0.25, 0.3) is 11.1 Å². The van der Waals surface area contributed by atoms with Crippen molar-refractivity contribution in [2.75, 3.05) is 11.9 Å². The topological polar surface area (TPSA) is 12.0 Å². The Balaban J connectivity index is 2.11. The Bertz CT molecular complexity index is 526. The van der Waals surface area contributed by atoms with Crippen molar-refractivity contribution in [2.45, 2.75) is 19.8 Å². The zero-order chi connectivity index (χ0) is 11.7. The van der Waals surface area contributed by atoms with Crippen LogP contribution in [0.2, 0.25) is 0 Å². The van der Waals surface area contributed by atoms with Gasteiger partial charge in [-0.05, 0) is 30.9 Å². The average Bonchev–Trinajstić information content (AvgIpc) is 2.39. The third kappa shape index (κ3) is 1.93. The second-order valence-corrected chi connectivity index (χ2v) is 4.74. The quantitative estimate of drug-likeness (QED) is 0.770. The number of hydrogen-bond donors (Lipinski definition) is 1. The standard InChI is InChI=1S/C16H17N/c1-12-7-9-13(10-8-12)15-6-2-4-14-5-3-11-17-16(14)15/h2,4,6-10,17H,3,5,11H2,1H3. The minimum atomic E-state index is 1.09. The second-order valence-electron chi connectivity index (χ2n) is 4.74. The van der Waals surface area contributed by atoms with Gasteiger partial charge in [-0.15, -0.1) is 0 Å². The van der Waals surface area contributed by atoms with Crippen LogP contribution in [-0.2, 0) is 6.42 Å². The fraction of sp³-hybridized carbons (Fsp3) is 0.250. The summed E-state index contributed by atoms with van der Waals surface area (Å²) < 4.78 is 0. The van der Waals surface area contributed by atoms with Gasteiger partial charge >= 0.3 is 0 Å². The Morgan fingerprint density at radius 1 is 1.00 bits per heavy atom. The lowest BCUT2D eigenvalue weighted by Crippen LogP contribution is -2.12. The summed E-state index contributed by atoms with van der Waals surface area (Å²) in [5, 5.41) is 3.54. The summed E-state index contributed by atoms with van der Waals surface area (Å²) in [6, 6.07) is 15.4. The van der Waals surface area contributed by atoms with Crippen LogP contribution < -0.4 is 5.32 Å². The summed E-state index contributed by atoms with van der Waals surface area (Å²) in [6.45, 7) is 3.22. The van der Waals surface area contributed by atoms with Crippen molar-refractivity contribution in [1.82, 2.24) is 0 Å². The van der Waals surface area contributed by atoms with Crippen molar-refractivity contribution < 1.29 is 0 Å². The lowest BCUT2D eigenvalue weighted by Gasteiger charge is -2.21. The number of rotatable bonds is 1. The minimum absolute atomic E-state index is 1.09. The van der Waals surface area contributed by atoms with E-state index < -0.39 is 0 Å². The van der Waals surface area contributed by atoms with E-state index in [0.717, 1.165) is 6.54 Å². The number of para-hydroxylation sites is 1. The molecule has 0 spiro atoms. The maximum absolute atomic E-state index is 3.54. The van der Waals surface area contributed by atoms with E-state index in [0.29, 0.717) is 0 Å². The van der Waals surface area contributed by atoms with Crippen LogP contribution in [0, 0.1) is 6.92 Å². The number of anilines is 1. The molecule has 1 N–H and O–H groups in total. The van der Waals surface area contributed by atoms with E-state index in [1.807, 2.05) is 0 Å². The van der Waals surface area contributed by atoms with Crippen LogP contribution in [0.5, 0.6) is 0 Å². The molecule has 2 aromatic rings. The van der Waals surface area contributed by atoms with E-state index in [-0.39, 0.29) is 0 Å². The normalized spacial score (nSPS) is 13.9. The monoisotopic (exact) mass is 223 g/mol. The summed E-state index contributed by atoms with van der Waals surface area (Å²) in [5.74, 6) is 0. The first kappa shape index (κ1) is 10.4. The number of benzene rings is 2. The summed E-state index contributed by atoms with van der Waals surface area (Å²) in [6.07, 6.45) is 2.44. The molecule has 1 heterocycles. The fourth-order valence-electron chi connectivity index (χ4n) is 2.48. The third-order valence-corrected chi connectivity index (χ3v) is 3.44. The predicted molar refractivity (Wildman–Crippen MR) is 73.4 cm³/mol. The Hall–Kier alpha value is -1.76. The molecule has 0 saturated heterocycles. The lowest BCUT2D eigenvalue weighted by atomic mass is 9.95. The lowest BCUT2D eigenvalue weighted by molar-refractivity contribution is 0.831. The maximum Gasteiger partial charge on any atom is 0.0452 e. The summed E-state index contributed by atoms with van der Waals surface area (Å²) in [4.78, 5) is 0. The molecule has 1 heteroatoms. The van der Waals surface area contributed by atoms with Gasteiger partial charge < -0.3 is 5.32 Å². The molecule has 0 unspecified atom stereocenters. The molecular weight excluding hydrogens is 206 g/mol. The molecule has 0 radical (unpaired) electrons. The van der Waals surface area contributed by atoms with E-state index in [1.165, 1.54) is 40.8 Å². The molecule has 0 saturated carbocycles. The van der Waals surface area contributed by atoms with E-state index in [2.05, 4.69) is 54.7 Å². The van der Waals surface area contributed by atoms with Gasteiger partial charge in [0.15, 0.2) is 0 Å². The van der Waals surface area contributed by atoms with E-state index >= 15 is 0 Å². The van der Waals surface area contributed by atoms with Crippen LogP contribution in [0.15, 0.2) is 42.5 Å². The summed E-state index contributed by atoms with van der Waals surface area (Å²) in [5.41, 5.74) is 6.74. The van der Waals surface area contributed by atoms with Gasteiger partial charge in [0.05, 0.1) is 0 Å². The molecule has 3 rings (SSSR count). The van der Waals surface area contributed by atoms with Gasteiger partial charge in [0.2, 0.25) is 0 Å². The first-order valence-electron chi connectivity index (χ1n) is 6.27. The van der Waals surface area contributed by atoms with E-state index in [9.17, 15) is 0 Å². The van der Waals surface area contributed by atoms with Gasteiger partial charge in [-0.1, -0.05) is 48.0 Å². The molecule has 0 bridgehead atoms. The van der Waals surface area contributed by atoms with E-state index in [1.54, 1.807) is 0 Å². The predicted octanol–water partition coefficient (Wildman–Crippen LogP) is 4.02. The SMILES string of the molecule is Cc1ccc(-c2cccc3c2NCCC3)cc1. The molecule has 1 aliphatic rings. The second kappa shape index (κ2) is 4.25. The molecule has 0 fully saturated rings. The van der Waals surface area contributed by atoms with Gasteiger partial charge in [0.25, 0.3) is 0 Å². The first-order valence-corrected chi connectivity index (χ1v) is 6.27. The highest BCUT2D eigenvalue weighted by Crippen LogP contribution is 2.33. The highest BCUT2D eigenvalue weighted by Gasteiger charge is 2.12. The van der Waals surface area contributed by atoms with Gasteiger partial charge in [-0.3, -0.25) is 0 Å². The summed E-state index contributed by atoms with van der Waals surface area (Å²) in [7, 11) is 0. The number of nitrogens with one attached hydrogen (secondary N) is 1. The van der Waals surface area contributed by atoms with Crippen molar-refractivity contribution in [3.63, 3.8) is 0 Å². The molecule has 86 valence electrons. The third-order valence-electron chi connectivity index (χ3n) is 3.44. The Kier molecular flexibility index (Phi) is 2.60. The van der Waals surface area contributed by atoms with Gasteiger partial charge in [-0.2, -0.15) is 0 Å². The molecule has 2 aromatic carbocycles. The van der Waals surface area contributed by atoms with Crippen molar-refractivity contribution >= 4 is 5.69 Å². The van der Waals surface area contributed by atoms with Crippen molar-refractivity contribution in [2.24, 2.45) is 0 Å². The Morgan fingerprint density at radius 3 is 2.65 bits per heavy atom. The number of hydrogen-bond acceptors (Lipinski definition) is 1. The largest absolute Gasteiger partial charge is 0.384 e. The van der Waals surface area contributed by atoms with Crippen molar-refractivity contribution in [1.29, 1.82) is 0 Å². The molecule has 1 nitrogen and oxygen atoms in total. The zero-order valence-electron chi connectivity index (χ0n) is 10.2. The van der Waals surface area contributed by atoms with Crippen molar-refractivity contribution in [3.8, 4) is 11.1 Å². The number of fused-ring (bicyclic) bond motifs is 1. The molecule has 0 aromatic heterocycles. The molecule has 0 amide bonds. The van der Waals surface area contributed by atoms with Crippen LogP contribution in [-0.4, -0.2) is 6.54 Å². The highest BCUT2D eigenvalue weighted by atomic mass is 14.9. The fourth-order valence-corrected chi connectivity index (χ4v) is 2.48. The smallest absolute Gasteiger partial charge is 0.0452 e. The van der Waals surface area contributed by atoms with Gasteiger partial charge in [-0.25, -0.2) is 0 Å². The van der Waals surface area contributed by atoms with E-state index in [4.69, 9.17) is 0 Å². The zero-order valence-corrected chi connectivity index (χ0v) is 10.2. The molecular formula is C16H17N. The first-order chi connectivity index (χ1) is 8.34. The number of aryl methyl sites for hydroxylation is 2. The average molecular weight is 223 g/mol. The molecule has 0 atom stereocenters. The van der Waals surface area contributed by atoms with Crippen LogP contribution in [0.4, 0.5) is 5.69 Å². The van der Waals surface area contributed by atoms with Gasteiger partial charge in [0.1, 0.15) is 0 Å². The minimum Gasteiger partial charge on any atom is -0.384 e.